The van der Waals surface area contributed by atoms with Gasteiger partial charge >= 0.3 is 0 Å². The standard InChI is InChI=1S/C17H27N3/c1-2-10-18-12-14-8-9-17(19-13-14)20-11-4-6-15-5-3-7-16(15)20/h8-9,13,15-16,18H,2-7,10-12H2,1H3. The highest BCUT2D eigenvalue weighted by Crippen LogP contribution is 2.38. The third-order valence-electron chi connectivity index (χ3n) is 4.85. The number of fused-ring (bicyclic) bond motifs is 1. The third kappa shape index (κ3) is 2.98. The molecule has 0 aromatic carbocycles. The van der Waals surface area contributed by atoms with Crippen LogP contribution in [-0.4, -0.2) is 24.1 Å². The van der Waals surface area contributed by atoms with Crippen molar-refractivity contribution < 1.29 is 0 Å². The molecule has 3 rings (SSSR count). The van der Waals surface area contributed by atoms with E-state index in [-0.39, 0.29) is 0 Å². The first-order valence-corrected chi connectivity index (χ1v) is 8.31. The Kier molecular flexibility index (Phi) is 4.56. The molecule has 20 heavy (non-hydrogen) atoms. The normalized spacial score (nSPS) is 25.8. The Hall–Kier alpha value is -1.09. The fraction of sp³-hybridized carbons (Fsp3) is 0.706. The molecule has 1 saturated carbocycles. The van der Waals surface area contributed by atoms with Crippen LogP contribution in [0.4, 0.5) is 5.82 Å². The molecule has 2 unspecified atom stereocenters. The zero-order chi connectivity index (χ0) is 13.8. The van der Waals surface area contributed by atoms with Crippen molar-refractivity contribution in [2.75, 3.05) is 18.0 Å². The first-order chi connectivity index (χ1) is 9.88. The molecular weight excluding hydrogens is 246 g/mol. The van der Waals surface area contributed by atoms with Crippen LogP contribution in [0.15, 0.2) is 18.3 Å². The summed E-state index contributed by atoms with van der Waals surface area (Å²) in [5.74, 6) is 2.12. The predicted octanol–water partition coefficient (Wildman–Crippen LogP) is 3.35. The number of nitrogens with zero attached hydrogens (tertiary/aromatic N) is 2. The Morgan fingerprint density at radius 3 is 2.95 bits per heavy atom. The topological polar surface area (TPSA) is 28.2 Å². The van der Waals surface area contributed by atoms with Crippen LogP contribution in [0.1, 0.15) is 51.0 Å². The highest BCUT2D eigenvalue weighted by molar-refractivity contribution is 5.42. The van der Waals surface area contributed by atoms with Crippen molar-refractivity contribution >= 4 is 5.82 Å². The van der Waals surface area contributed by atoms with Gasteiger partial charge < -0.3 is 10.2 Å². The molecule has 110 valence electrons. The molecule has 1 aromatic heterocycles. The molecule has 0 bridgehead atoms. The van der Waals surface area contributed by atoms with Crippen LogP contribution in [-0.2, 0) is 6.54 Å². The second-order valence-corrected chi connectivity index (χ2v) is 6.30. The SMILES string of the molecule is CCCNCc1ccc(N2CCCC3CCCC32)nc1. The smallest absolute Gasteiger partial charge is 0.128 e. The summed E-state index contributed by atoms with van der Waals surface area (Å²) in [6.07, 6.45) is 10.2. The summed E-state index contributed by atoms with van der Waals surface area (Å²) in [7, 11) is 0. The van der Waals surface area contributed by atoms with E-state index < -0.39 is 0 Å². The minimum Gasteiger partial charge on any atom is -0.353 e. The number of hydrogen-bond donors (Lipinski definition) is 1. The summed E-state index contributed by atoms with van der Waals surface area (Å²) >= 11 is 0. The number of rotatable bonds is 5. The summed E-state index contributed by atoms with van der Waals surface area (Å²) in [5.41, 5.74) is 1.29. The van der Waals surface area contributed by atoms with Gasteiger partial charge in [-0.15, -0.1) is 0 Å². The molecule has 1 aromatic rings. The highest BCUT2D eigenvalue weighted by Gasteiger charge is 2.35. The van der Waals surface area contributed by atoms with Crippen molar-refractivity contribution in [3.8, 4) is 0 Å². The predicted molar refractivity (Wildman–Crippen MR) is 83.9 cm³/mol. The number of piperidine rings is 1. The summed E-state index contributed by atoms with van der Waals surface area (Å²) in [5, 5.41) is 3.43. The fourth-order valence-electron chi connectivity index (χ4n) is 3.84. The summed E-state index contributed by atoms with van der Waals surface area (Å²) < 4.78 is 0. The first kappa shape index (κ1) is 13.9. The van der Waals surface area contributed by atoms with Gasteiger partial charge in [0.2, 0.25) is 0 Å². The first-order valence-electron chi connectivity index (χ1n) is 8.31. The average Bonchev–Trinajstić information content (AvgIpc) is 2.97. The van der Waals surface area contributed by atoms with Gasteiger partial charge in [-0.25, -0.2) is 4.98 Å². The summed E-state index contributed by atoms with van der Waals surface area (Å²) in [6, 6.07) is 5.23. The minimum absolute atomic E-state index is 0.764. The van der Waals surface area contributed by atoms with Crippen molar-refractivity contribution in [1.29, 1.82) is 0 Å². The van der Waals surface area contributed by atoms with Gasteiger partial charge in [-0.1, -0.05) is 19.4 Å². The number of anilines is 1. The fourth-order valence-corrected chi connectivity index (χ4v) is 3.84. The monoisotopic (exact) mass is 273 g/mol. The van der Waals surface area contributed by atoms with Gasteiger partial charge in [0.1, 0.15) is 5.82 Å². The minimum atomic E-state index is 0.764. The summed E-state index contributed by atoms with van der Waals surface area (Å²) in [6.45, 7) is 5.41. The largest absolute Gasteiger partial charge is 0.353 e. The van der Waals surface area contributed by atoms with Crippen molar-refractivity contribution in [3.05, 3.63) is 23.9 Å². The molecule has 1 saturated heterocycles. The van der Waals surface area contributed by atoms with E-state index in [0.29, 0.717) is 0 Å². The molecule has 1 N–H and O–H groups in total. The van der Waals surface area contributed by atoms with Crippen LogP contribution in [0.25, 0.3) is 0 Å². The zero-order valence-corrected chi connectivity index (χ0v) is 12.6. The number of aromatic nitrogens is 1. The van der Waals surface area contributed by atoms with Crippen LogP contribution < -0.4 is 10.2 Å². The molecule has 2 aliphatic rings. The van der Waals surface area contributed by atoms with Crippen molar-refractivity contribution in [2.24, 2.45) is 5.92 Å². The molecule has 1 aliphatic heterocycles. The lowest BCUT2D eigenvalue weighted by Crippen LogP contribution is -2.43. The van der Waals surface area contributed by atoms with Crippen LogP contribution in [0.2, 0.25) is 0 Å². The van der Waals surface area contributed by atoms with E-state index >= 15 is 0 Å². The van der Waals surface area contributed by atoms with E-state index in [1.165, 1.54) is 56.5 Å². The Bertz CT molecular complexity index is 415. The van der Waals surface area contributed by atoms with Crippen LogP contribution in [0, 0.1) is 5.92 Å². The van der Waals surface area contributed by atoms with E-state index in [0.717, 1.165) is 25.0 Å². The molecule has 0 spiro atoms. The molecule has 3 heteroatoms. The number of pyridine rings is 1. The molecule has 1 aliphatic carbocycles. The van der Waals surface area contributed by atoms with E-state index in [1.54, 1.807) is 0 Å². The Balaban J connectivity index is 1.64. The van der Waals surface area contributed by atoms with E-state index in [9.17, 15) is 0 Å². The van der Waals surface area contributed by atoms with Crippen molar-refractivity contribution in [2.45, 2.75) is 58.0 Å². The molecule has 2 heterocycles. The van der Waals surface area contributed by atoms with Crippen LogP contribution >= 0.6 is 0 Å². The Morgan fingerprint density at radius 1 is 1.25 bits per heavy atom. The molecule has 0 radical (unpaired) electrons. The van der Waals surface area contributed by atoms with E-state index in [2.05, 4.69) is 35.5 Å². The quantitative estimate of drug-likeness (QED) is 0.834. The lowest BCUT2D eigenvalue weighted by molar-refractivity contribution is 0.360. The van der Waals surface area contributed by atoms with Gasteiger partial charge in [0.05, 0.1) is 0 Å². The van der Waals surface area contributed by atoms with E-state index in [1.807, 2.05) is 0 Å². The van der Waals surface area contributed by atoms with Gasteiger partial charge in [-0.05, 0) is 56.2 Å². The van der Waals surface area contributed by atoms with Gasteiger partial charge in [0, 0.05) is 25.3 Å². The third-order valence-corrected chi connectivity index (χ3v) is 4.85. The van der Waals surface area contributed by atoms with Crippen molar-refractivity contribution in [1.82, 2.24) is 10.3 Å². The molecule has 0 amide bonds. The molecule has 3 nitrogen and oxygen atoms in total. The maximum Gasteiger partial charge on any atom is 0.128 e. The lowest BCUT2D eigenvalue weighted by atomic mass is 9.92. The summed E-state index contributed by atoms with van der Waals surface area (Å²) in [4.78, 5) is 7.30. The molecular formula is C17H27N3. The van der Waals surface area contributed by atoms with Crippen LogP contribution in [0.5, 0.6) is 0 Å². The second-order valence-electron chi connectivity index (χ2n) is 6.30. The number of nitrogens with one attached hydrogen (secondary N) is 1. The Morgan fingerprint density at radius 2 is 2.15 bits per heavy atom. The zero-order valence-electron chi connectivity index (χ0n) is 12.6. The van der Waals surface area contributed by atoms with Crippen molar-refractivity contribution in [3.63, 3.8) is 0 Å². The van der Waals surface area contributed by atoms with Gasteiger partial charge in [-0.3, -0.25) is 0 Å². The second kappa shape index (κ2) is 6.57. The van der Waals surface area contributed by atoms with E-state index in [4.69, 9.17) is 4.98 Å². The lowest BCUT2D eigenvalue weighted by Gasteiger charge is -2.38. The maximum atomic E-state index is 4.73. The Labute approximate surface area is 122 Å². The average molecular weight is 273 g/mol. The van der Waals surface area contributed by atoms with Crippen LogP contribution in [0.3, 0.4) is 0 Å². The maximum absolute atomic E-state index is 4.73. The highest BCUT2D eigenvalue weighted by atomic mass is 15.2. The molecule has 2 fully saturated rings. The molecule has 2 atom stereocenters. The van der Waals surface area contributed by atoms with Gasteiger partial charge in [-0.2, -0.15) is 0 Å². The van der Waals surface area contributed by atoms with Gasteiger partial charge in [0.15, 0.2) is 0 Å². The van der Waals surface area contributed by atoms with Gasteiger partial charge in [0.25, 0.3) is 0 Å². The number of hydrogen-bond acceptors (Lipinski definition) is 3.